The van der Waals surface area contributed by atoms with Gasteiger partial charge in [-0.25, -0.2) is 9.78 Å². The molecule has 0 unspecified atom stereocenters. The fourth-order valence-electron chi connectivity index (χ4n) is 3.38. The molecule has 0 saturated heterocycles. The summed E-state index contributed by atoms with van der Waals surface area (Å²) in [5.41, 5.74) is 10.1. The zero-order chi connectivity index (χ0) is 23.4. The number of hydrogen-bond acceptors (Lipinski definition) is 6. The number of rotatable bonds is 4. The number of carboxylic acids is 1. The van der Waals surface area contributed by atoms with Crippen LogP contribution in [0.1, 0.15) is 16.1 Å². The Labute approximate surface area is 189 Å². The number of benzene rings is 2. The van der Waals surface area contributed by atoms with E-state index in [1.54, 1.807) is 13.0 Å². The number of nitrogens with zero attached hydrogens (tertiary/aromatic N) is 4. The summed E-state index contributed by atoms with van der Waals surface area (Å²) in [5.74, 6) is -0.392. The van der Waals surface area contributed by atoms with Gasteiger partial charge >= 0.3 is 5.97 Å². The number of nitrogens with two attached hydrogens (primary N) is 1. The summed E-state index contributed by atoms with van der Waals surface area (Å²) in [6.45, 7) is 1.64. The highest BCUT2D eigenvalue weighted by atomic mass is 16.5. The number of fused-ring (bicyclic) bond motifs is 1. The Bertz CT molecular complexity index is 1390. The summed E-state index contributed by atoms with van der Waals surface area (Å²) in [4.78, 5) is 15.7. The third kappa shape index (κ3) is 4.52. The van der Waals surface area contributed by atoms with Crippen LogP contribution in [0.25, 0.3) is 28.2 Å². The Hall–Kier alpha value is -4.66. The number of aromatic carboxylic acids is 1. The summed E-state index contributed by atoms with van der Waals surface area (Å²) in [6.07, 6.45) is 0. The molecule has 5 aromatic rings. The standard InChI is InChI=1S/C15H13N3O3.C9H9N3/c1-9-13(15(19)20)14(21-2)18-12(16-9)8-11(17-18)10-6-4-3-5-7-10;10-9-6-8(11-12-9)7-4-2-1-3-5-7/h3-8H,1-2H3,(H,19,20);1-6H,(H3,10,11,12). The first-order valence-electron chi connectivity index (χ1n) is 10.1. The van der Waals surface area contributed by atoms with Crippen molar-refractivity contribution < 1.29 is 14.6 Å². The first-order valence-corrected chi connectivity index (χ1v) is 10.1. The van der Waals surface area contributed by atoms with Crippen LogP contribution < -0.4 is 10.5 Å². The van der Waals surface area contributed by atoms with Crippen LogP contribution >= 0.6 is 0 Å². The van der Waals surface area contributed by atoms with Crippen LogP contribution in [0.5, 0.6) is 5.88 Å². The smallest absolute Gasteiger partial charge is 0.343 e. The van der Waals surface area contributed by atoms with Crippen molar-refractivity contribution >= 4 is 17.4 Å². The zero-order valence-corrected chi connectivity index (χ0v) is 18.1. The van der Waals surface area contributed by atoms with E-state index in [4.69, 9.17) is 10.5 Å². The number of aromatic amines is 1. The molecule has 9 heteroatoms. The molecule has 0 aliphatic heterocycles. The van der Waals surface area contributed by atoms with Gasteiger partial charge in [-0.15, -0.1) is 0 Å². The van der Waals surface area contributed by atoms with Crippen LogP contribution in [0.3, 0.4) is 0 Å². The Balaban J connectivity index is 0.000000183. The van der Waals surface area contributed by atoms with Gasteiger partial charge in [-0.2, -0.15) is 14.7 Å². The second-order valence-corrected chi connectivity index (χ2v) is 7.12. The number of H-pyrrole nitrogens is 1. The monoisotopic (exact) mass is 442 g/mol. The minimum Gasteiger partial charge on any atom is -0.480 e. The largest absolute Gasteiger partial charge is 0.480 e. The molecule has 2 aromatic carbocycles. The van der Waals surface area contributed by atoms with Gasteiger partial charge in [0.25, 0.3) is 0 Å². The highest BCUT2D eigenvalue weighted by molar-refractivity contribution is 5.92. The van der Waals surface area contributed by atoms with Gasteiger partial charge in [0.15, 0.2) is 5.65 Å². The molecule has 0 saturated carbocycles. The van der Waals surface area contributed by atoms with Crippen LogP contribution in [-0.2, 0) is 0 Å². The minimum atomic E-state index is -1.09. The van der Waals surface area contributed by atoms with Crippen molar-refractivity contribution in [1.29, 1.82) is 0 Å². The van der Waals surface area contributed by atoms with Crippen molar-refractivity contribution in [1.82, 2.24) is 24.8 Å². The van der Waals surface area contributed by atoms with E-state index in [1.165, 1.54) is 11.6 Å². The molecule has 0 aliphatic rings. The molecular formula is C24H22N6O3. The van der Waals surface area contributed by atoms with Gasteiger partial charge in [-0.05, 0) is 12.5 Å². The van der Waals surface area contributed by atoms with Crippen LogP contribution in [0.4, 0.5) is 5.82 Å². The fraction of sp³-hybridized carbons (Fsp3) is 0.0833. The van der Waals surface area contributed by atoms with Crippen molar-refractivity contribution in [2.24, 2.45) is 0 Å². The number of nitrogens with one attached hydrogen (secondary N) is 1. The SMILES string of the molecule is COc1c(C(=O)O)c(C)nc2cc(-c3ccccc3)nn12.Nc1cc(-c2ccccc2)[nH]n1. The normalized spacial score (nSPS) is 10.5. The van der Waals surface area contributed by atoms with Crippen molar-refractivity contribution in [3.8, 4) is 28.4 Å². The second-order valence-electron chi connectivity index (χ2n) is 7.12. The predicted molar refractivity (Wildman–Crippen MR) is 125 cm³/mol. The molecule has 4 N–H and O–H groups in total. The molecule has 0 radical (unpaired) electrons. The van der Waals surface area contributed by atoms with Crippen molar-refractivity contribution in [3.05, 3.63) is 84.1 Å². The summed E-state index contributed by atoms with van der Waals surface area (Å²) >= 11 is 0. The molecule has 0 atom stereocenters. The topological polar surface area (TPSA) is 131 Å². The number of anilines is 1. The fourth-order valence-corrected chi connectivity index (χ4v) is 3.38. The van der Waals surface area contributed by atoms with Crippen LogP contribution in [0.2, 0.25) is 0 Å². The van der Waals surface area contributed by atoms with Crippen molar-refractivity contribution in [2.75, 3.05) is 12.8 Å². The number of aromatic nitrogens is 5. The number of nitrogen functional groups attached to an aromatic ring is 1. The number of carboxylic acid groups (broad SMARTS) is 1. The molecule has 3 aromatic heterocycles. The number of carbonyl (C=O) groups is 1. The van der Waals surface area contributed by atoms with E-state index in [0.717, 1.165) is 16.8 Å². The molecule has 5 rings (SSSR count). The average Bonchev–Trinajstić information content (AvgIpc) is 3.46. The third-order valence-electron chi connectivity index (χ3n) is 4.90. The van der Waals surface area contributed by atoms with Crippen molar-refractivity contribution in [2.45, 2.75) is 6.92 Å². The maximum atomic E-state index is 11.4. The lowest BCUT2D eigenvalue weighted by Crippen LogP contribution is -2.10. The summed E-state index contributed by atoms with van der Waals surface area (Å²) < 4.78 is 6.65. The predicted octanol–water partition coefficient (Wildman–Crippen LogP) is 4.07. The second kappa shape index (κ2) is 9.23. The summed E-state index contributed by atoms with van der Waals surface area (Å²) in [7, 11) is 1.42. The lowest BCUT2D eigenvalue weighted by Gasteiger charge is -2.08. The molecular weight excluding hydrogens is 420 g/mol. The van der Waals surface area contributed by atoms with Gasteiger partial charge in [0.1, 0.15) is 11.4 Å². The Morgan fingerprint density at radius 3 is 2.21 bits per heavy atom. The third-order valence-corrected chi connectivity index (χ3v) is 4.90. The average molecular weight is 442 g/mol. The molecule has 9 nitrogen and oxygen atoms in total. The van der Waals surface area contributed by atoms with E-state index >= 15 is 0 Å². The van der Waals surface area contributed by atoms with Crippen molar-refractivity contribution in [3.63, 3.8) is 0 Å². The number of aryl methyl sites for hydroxylation is 1. The number of methoxy groups -OCH3 is 1. The first kappa shape index (κ1) is 21.6. The summed E-state index contributed by atoms with van der Waals surface area (Å²) in [5, 5.41) is 20.4. The van der Waals surface area contributed by atoms with Crippen LogP contribution in [-0.4, -0.2) is 43.0 Å². The molecule has 33 heavy (non-hydrogen) atoms. The highest BCUT2D eigenvalue weighted by Gasteiger charge is 2.21. The maximum Gasteiger partial charge on any atom is 0.343 e. The van der Waals surface area contributed by atoms with Gasteiger partial charge in [0.2, 0.25) is 5.88 Å². The van der Waals surface area contributed by atoms with Crippen LogP contribution in [0, 0.1) is 6.92 Å². The molecule has 0 fully saturated rings. The van der Waals surface area contributed by atoms with E-state index in [9.17, 15) is 9.90 Å². The van der Waals surface area contributed by atoms with E-state index in [1.807, 2.05) is 66.7 Å². The summed E-state index contributed by atoms with van der Waals surface area (Å²) in [6, 6.07) is 23.2. The molecule has 0 amide bonds. The zero-order valence-electron chi connectivity index (χ0n) is 18.1. The van der Waals surface area contributed by atoms with E-state index < -0.39 is 5.97 Å². The lowest BCUT2D eigenvalue weighted by molar-refractivity contribution is 0.0690. The lowest BCUT2D eigenvalue weighted by atomic mass is 10.2. The van der Waals surface area contributed by atoms with E-state index in [2.05, 4.69) is 20.3 Å². The minimum absolute atomic E-state index is 0.0210. The first-order chi connectivity index (χ1) is 16.0. The van der Waals surface area contributed by atoms with E-state index in [0.29, 0.717) is 22.9 Å². The highest BCUT2D eigenvalue weighted by Crippen LogP contribution is 2.26. The molecule has 0 aliphatic carbocycles. The number of ether oxygens (including phenoxy) is 1. The Kier molecular flexibility index (Phi) is 6.03. The Morgan fingerprint density at radius 2 is 1.67 bits per heavy atom. The molecule has 3 heterocycles. The maximum absolute atomic E-state index is 11.4. The Morgan fingerprint density at radius 1 is 1.03 bits per heavy atom. The van der Waals surface area contributed by atoms with Gasteiger partial charge < -0.3 is 15.6 Å². The quantitative estimate of drug-likeness (QED) is 0.382. The molecule has 0 bridgehead atoms. The van der Waals surface area contributed by atoms with Gasteiger partial charge in [0.05, 0.1) is 24.2 Å². The van der Waals surface area contributed by atoms with Gasteiger partial charge in [0, 0.05) is 17.7 Å². The molecule has 0 spiro atoms. The molecule has 166 valence electrons. The van der Waals surface area contributed by atoms with E-state index in [-0.39, 0.29) is 11.4 Å². The van der Waals surface area contributed by atoms with Crippen LogP contribution in [0.15, 0.2) is 72.8 Å². The number of hydrogen-bond donors (Lipinski definition) is 3. The van der Waals surface area contributed by atoms with Gasteiger partial charge in [-0.1, -0.05) is 60.7 Å². The van der Waals surface area contributed by atoms with Gasteiger partial charge in [-0.3, -0.25) is 5.10 Å².